The zero-order valence-electron chi connectivity index (χ0n) is 11.7. The van der Waals surface area contributed by atoms with Crippen molar-refractivity contribution in [3.8, 4) is 0 Å². The lowest BCUT2D eigenvalue weighted by Crippen LogP contribution is -2.34. The minimum absolute atomic E-state index is 0.564. The molecule has 2 heterocycles. The minimum atomic E-state index is -0.659. The van der Waals surface area contributed by atoms with E-state index in [0.717, 1.165) is 38.2 Å². The topological polar surface area (TPSA) is 71.2 Å². The van der Waals surface area contributed by atoms with Crippen molar-refractivity contribution in [3.05, 3.63) is 12.2 Å². The van der Waals surface area contributed by atoms with Crippen molar-refractivity contribution in [2.45, 2.75) is 46.2 Å². The largest absolute Gasteiger partial charge is 0.481 e. The summed E-state index contributed by atoms with van der Waals surface area (Å²) >= 11 is 0. The molecule has 1 fully saturated rings. The number of rotatable bonds is 6. The first kappa shape index (κ1) is 14.0. The second-order valence-corrected chi connectivity index (χ2v) is 5.29. The maximum absolute atomic E-state index is 11.5. The minimum Gasteiger partial charge on any atom is -0.481 e. The Morgan fingerprint density at radius 3 is 2.95 bits per heavy atom. The molecule has 1 aromatic rings. The van der Waals surface area contributed by atoms with E-state index in [1.54, 1.807) is 6.33 Å². The predicted octanol–water partition coefficient (Wildman–Crippen LogP) is 1.37. The molecular weight excluding hydrogens is 244 g/mol. The number of aryl methyl sites for hydroxylation is 1. The molecule has 0 spiro atoms. The van der Waals surface area contributed by atoms with Gasteiger partial charge in [0.05, 0.1) is 12.0 Å². The Morgan fingerprint density at radius 1 is 1.53 bits per heavy atom. The molecule has 0 aromatic carbocycles. The number of hydrogen-bond acceptors (Lipinski definition) is 4. The molecule has 1 saturated heterocycles. The molecule has 19 heavy (non-hydrogen) atoms. The Labute approximate surface area is 113 Å². The molecular formula is C13H22N4O2. The maximum Gasteiger partial charge on any atom is 0.310 e. The number of aliphatic carboxylic acids is 1. The predicted molar refractivity (Wildman–Crippen MR) is 70.6 cm³/mol. The van der Waals surface area contributed by atoms with Crippen LogP contribution in [0.3, 0.4) is 0 Å². The van der Waals surface area contributed by atoms with Gasteiger partial charge in [-0.2, -0.15) is 5.10 Å². The number of carboxylic acid groups (broad SMARTS) is 1. The monoisotopic (exact) mass is 266 g/mol. The number of likely N-dealkylation sites (tertiary alicyclic amines) is 1. The molecule has 1 aliphatic heterocycles. The Balaban J connectivity index is 2.03. The van der Waals surface area contributed by atoms with Crippen LogP contribution in [-0.4, -0.2) is 43.8 Å². The van der Waals surface area contributed by atoms with Crippen LogP contribution < -0.4 is 0 Å². The standard InChI is InChI=1S/C13H22N4O2/c1-3-5-13(12(18)19)6-7-16(9-13)8-11-14-10-15-17(11)4-2/h10H,3-9H2,1-2H3,(H,18,19). The Morgan fingerprint density at radius 2 is 2.32 bits per heavy atom. The van der Waals surface area contributed by atoms with E-state index in [2.05, 4.69) is 15.0 Å². The van der Waals surface area contributed by atoms with Crippen LogP contribution in [0.25, 0.3) is 0 Å². The van der Waals surface area contributed by atoms with Crippen LogP contribution in [0.4, 0.5) is 0 Å². The summed E-state index contributed by atoms with van der Waals surface area (Å²) in [6.45, 7) is 6.99. The quantitative estimate of drug-likeness (QED) is 0.842. The Kier molecular flexibility index (Phi) is 4.19. The van der Waals surface area contributed by atoms with E-state index in [4.69, 9.17) is 0 Å². The van der Waals surface area contributed by atoms with E-state index in [-0.39, 0.29) is 0 Å². The summed E-state index contributed by atoms with van der Waals surface area (Å²) in [4.78, 5) is 18.0. The maximum atomic E-state index is 11.5. The molecule has 1 aliphatic rings. The van der Waals surface area contributed by atoms with Gasteiger partial charge in [0.2, 0.25) is 0 Å². The van der Waals surface area contributed by atoms with Gasteiger partial charge in [0.15, 0.2) is 0 Å². The van der Waals surface area contributed by atoms with E-state index in [1.165, 1.54) is 0 Å². The molecule has 1 unspecified atom stereocenters. The second kappa shape index (κ2) is 5.69. The third-order valence-electron chi connectivity index (χ3n) is 3.98. The van der Waals surface area contributed by atoms with Crippen LogP contribution in [0.5, 0.6) is 0 Å². The molecule has 1 N–H and O–H groups in total. The molecule has 0 radical (unpaired) electrons. The lowest BCUT2D eigenvalue weighted by atomic mass is 9.83. The van der Waals surface area contributed by atoms with Crippen LogP contribution in [-0.2, 0) is 17.9 Å². The molecule has 0 bridgehead atoms. The summed E-state index contributed by atoms with van der Waals surface area (Å²) in [6.07, 6.45) is 3.95. The summed E-state index contributed by atoms with van der Waals surface area (Å²) in [6, 6.07) is 0. The van der Waals surface area contributed by atoms with Gasteiger partial charge < -0.3 is 5.11 Å². The van der Waals surface area contributed by atoms with Crippen molar-refractivity contribution in [2.24, 2.45) is 5.41 Å². The average Bonchev–Trinajstić information content (AvgIpc) is 2.98. The normalized spacial score (nSPS) is 23.9. The first-order valence-electron chi connectivity index (χ1n) is 6.93. The summed E-state index contributed by atoms with van der Waals surface area (Å²) in [5.41, 5.74) is -0.564. The van der Waals surface area contributed by atoms with E-state index in [0.29, 0.717) is 13.1 Å². The zero-order valence-corrected chi connectivity index (χ0v) is 11.7. The molecule has 6 heteroatoms. The van der Waals surface area contributed by atoms with Gasteiger partial charge in [-0.25, -0.2) is 9.67 Å². The van der Waals surface area contributed by atoms with Crippen molar-refractivity contribution >= 4 is 5.97 Å². The number of carboxylic acids is 1. The SMILES string of the molecule is CCCC1(C(=O)O)CCN(Cc2ncnn2CC)C1. The van der Waals surface area contributed by atoms with Gasteiger partial charge in [0, 0.05) is 13.1 Å². The highest BCUT2D eigenvalue weighted by Crippen LogP contribution is 2.36. The van der Waals surface area contributed by atoms with Crippen LogP contribution in [0, 0.1) is 5.41 Å². The van der Waals surface area contributed by atoms with Gasteiger partial charge in [-0.05, 0) is 26.3 Å². The van der Waals surface area contributed by atoms with Crippen molar-refractivity contribution < 1.29 is 9.90 Å². The van der Waals surface area contributed by atoms with E-state index in [1.807, 2.05) is 18.5 Å². The Hall–Kier alpha value is -1.43. The number of hydrogen-bond donors (Lipinski definition) is 1. The van der Waals surface area contributed by atoms with Crippen LogP contribution in [0.1, 0.15) is 38.9 Å². The van der Waals surface area contributed by atoms with Gasteiger partial charge in [0.1, 0.15) is 12.2 Å². The summed E-state index contributed by atoms with van der Waals surface area (Å²) in [5, 5.41) is 13.6. The first-order chi connectivity index (χ1) is 9.11. The van der Waals surface area contributed by atoms with Gasteiger partial charge in [-0.15, -0.1) is 0 Å². The highest BCUT2D eigenvalue weighted by atomic mass is 16.4. The average molecular weight is 266 g/mol. The molecule has 1 aromatic heterocycles. The fourth-order valence-corrected chi connectivity index (χ4v) is 2.93. The van der Waals surface area contributed by atoms with Gasteiger partial charge in [-0.1, -0.05) is 13.3 Å². The third kappa shape index (κ3) is 2.78. The third-order valence-corrected chi connectivity index (χ3v) is 3.98. The zero-order chi connectivity index (χ0) is 13.9. The summed E-state index contributed by atoms with van der Waals surface area (Å²) in [7, 11) is 0. The van der Waals surface area contributed by atoms with Crippen molar-refractivity contribution in [2.75, 3.05) is 13.1 Å². The molecule has 0 amide bonds. The lowest BCUT2D eigenvalue weighted by molar-refractivity contribution is -0.148. The number of nitrogens with zero attached hydrogens (tertiary/aromatic N) is 4. The smallest absolute Gasteiger partial charge is 0.310 e. The molecule has 0 saturated carbocycles. The van der Waals surface area contributed by atoms with Crippen LogP contribution in [0.15, 0.2) is 6.33 Å². The van der Waals surface area contributed by atoms with E-state index < -0.39 is 11.4 Å². The highest BCUT2D eigenvalue weighted by molar-refractivity contribution is 5.75. The molecule has 1 atom stereocenters. The van der Waals surface area contributed by atoms with Crippen molar-refractivity contribution in [1.29, 1.82) is 0 Å². The number of carbonyl (C=O) groups is 1. The molecule has 106 valence electrons. The van der Waals surface area contributed by atoms with Crippen LogP contribution >= 0.6 is 0 Å². The van der Waals surface area contributed by atoms with E-state index in [9.17, 15) is 9.90 Å². The fraction of sp³-hybridized carbons (Fsp3) is 0.769. The van der Waals surface area contributed by atoms with Crippen molar-refractivity contribution in [3.63, 3.8) is 0 Å². The van der Waals surface area contributed by atoms with Crippen molar-refractivity contribution in [1.82, 2.24) is 19.7 Å². The lowest BCUT2D eigenvalue weighted by Gasteiger charge is -2.24. The first-order valence-corrected chi connectivity index (χ1v) is 6.93. The summed E-state index contributed by atoms with van der Waals surface area (Å²) in [5.74, 6) is 0.258. The van der Waals surface area contributed by atoms with Crippen LogP contribution in [0.2, 0.25) is 0 Å². The Bertz CT molecular complexity index is 446. The molecule has 6 nitrogen and oxygen atoms in total. The molecule has 2 rings (SSSR count). The van der Waals surface area contributed by atoms with Gasteiger partial charge in [-0.3, -0.25) is 9.69 Å². The molecule has 0 aliphatic carbocycles. The second-order valence-electron chi connectivity index (χ2n) is 5.29. The van der Waals surface area contributed by atoms with E-state index >= 15 is 0 Å². The highest BCUT2D eigenvalue weighted by Gasteiger charge is 2.43. The summed E-state index contributed by atoms with van der Waals surface area (Å²) < 4.78 is 1.86. The van der Waals surface area contributed by atoms with Gasteiger partial charge in [0.25, 0.3) is 0 Å². The van der Waals surface area contributed by atoms with Gasteiger partial charge >= 0.3 is 5.97 Å². The fourth-order valence-electron chi connectivity index (χ4n) is 2.93. The number of aromatic nitrogens is 3.